The number of amides is 1. The second kappa shape index (κ2) is 10.4. The Kier molecular flexibility index (Phi) is 7.66. The average molecular weight is 480 g/mol. The molecule has 3 rings (SSSR count). The topological polar surface area (TPSA) is 119 Å². The highest BCUT2D eigenvalue weighted by molar-refractivity contribution is 8.02. The third kappa shape index (κ3) is 6.06. The summed E-state index contributed by atoms with van der Waals surface area (Å²) in [5.41, 5.74) is 0.788. The fourth-order valence-electron chi connectivity index (χ4n) is 2.44. The third-order valence-electron chi connectivity index (χ3n) is 3.90. The Morgan fingerprint density at radius 2 is 2.06 bits per heavy atom. The lowest BCUT2D eigenvalue weighted by Gasteiger charge is -2.11. The summed E-state index contributed by atoms with van der Waals surface area (Å²) < 4.78 is 6.17. The molecule has 0 aliphatic rings. The molecule has 9 nitrogen and oxygen atoms in total. The monoisotopic (exact) mass is 479 g/mol. The molecule has 162 valence electrons. The molecule has 0 aliphatic heterocycles. The van der Waals surface area contributed by atoms with Crippen molar-refractivity contribution in [1.29, 1.82) is 0 Å². The minimum atomic E-state index is -0.552. The van der Waals surface area contributed by atoms with E-state index in [0.717, 1.165) is 5.69 Å². The van der Waals surface area contributed by atoms with Crippen LogP contribution in [0.4, 0.5) is 22.2 Å². The van der Waals surface area contributed by atoms with Crippen LogP contribution >= 0.6 is 34.7 Å². The molecule has 1 amide bonds. The fraction of sp³-hybridized carbons (Fsp3) is 0.211. The highest BCUT2D eigenvalue weighted by Crippen LogP contribution is 2.34. The van der Waals surface area contributed by atoms with Gasteiger partial charge in [-0.1, -0.05) is 46.8 Å². The number of aromatic nitrogens is 2. The number of rotatable bonds is 9. The molecule has 31 heavy (non-hydrogen) atoms. The number of benzene rings is 2. The second-order valence-electron chi connectivity index (χ2n) is 6.10. The van der Waals surface area contributed by atoms with E-state index < -0.39 is 10.2 Å². The van der Waals surface area contributed by atoms with Crippen LogP contribution in [-0.2, 0) is 4.79 Å². The summed E-state index contributed by atoms with van der Waals surface area (Å²) in [4.78, 5) is 22.9. The number of carbonyl (C=O) groups excluding carboxylic acids is 1. The third-order valence-corrected chi connectivity index (χ3v) is 6.25. The van der Waals surface area contributed by atoms with Gasteiger partial charge in [0, 0.05) is 12.1 Å². The van der Waals surface area contributed by atoms with Gasteiger partial charge in [0.05, 0.1) is 33.2 Å². The van der Waals surface area contributed by atoms with E-state index in [1.165, 1.54) is 41.3 Å². The molecule has 12 heteroatoms. The lowest BCUT2D eigenvalue weighted by atomic mass is 10.2. The lowest BCUT2D eigenvalue weighted by molar-refractivity contribution is -0.384. The SMILES string of the molecule is CCOc1ccccc1Nc1nnc(SC(C)C(=O)Nc2cc([N+](=O)[O-])ccc2Cl)s1. The van der Waals surface area contributed by atoms with Gasteiger partial charge < -0.3 is 15.4 Å². The van der Waals surface area contributed by atoms with Crippen LogP contribution in [-0.4, -0.2) is 32.9 Å². The standard InChI is InChI=1S/C19H18ClN5O4S2/c1-3-29-16-7-5-4-6-14(16)22-18-23-24-19(31-18)30-11(2)17(26)21-15-10-12(25(27)28)8-9-13(15)20/h4-11H,3H2,1-2H3,(H,21,26)(H,22,23). The van der Waals surface area contributed by atoms with Gasteiger partial charge in [-0.15, -0.1) is 10.2 Å². The Morgan fingerprint density at radius 1 is 1.29 bits per heavy atom. The first kappa shape index (κ1) is 22.8. The van der Waals surface area contributed by atoms with Crippen molar-refractivity contribution in [2.45, 2.75) is 23.4 Å². The van der Waals surface area contributed by atoms with Crippen molar-refractivity contribution in [1.82, 2.24) is 10.2 Å². The number of nitro groups is 1. The van der Waals surface area contributed by atoms with Crippen molar-refractivity contribution in [3.05, 3.63) is 57.6 Å². The van der Waals surface area contributed by atoms with Crippen LogP contribution in [0.15, 0.2) is 46.8 Å². The summed E-state index contributed by atoms with van der Waals surface area (Å²) in [7, 11) is 0. The number of para-hydroxylation sites is 2. The maximum absolute atomic E-state index is 12.5. The first-order chi connectivity index (χ1) is 14.9. The normalized spacial score (nSPS) is 11.6. The molecular weight excluding hydrogens is 462 g/mol. The molecule has 0 fully saturated rings. The molecule has 1 heterocycles. The minimum Gasteiger partial charge on any atom is -0.492 e. The van der Waals surface area contributed by atoms with Gasteiger partial charge in [-0.3, -0.25) is 14.9 Å². The molecule has 1 atom stereocenters. The molecule has 1 unspecified atom stereocenters. The number of nitrogens with zero attached hydrogens (tertiary/aromatic N) is 3. The van der Waals surface area contributed by atoms with E-state index in [9.17, 15) is 14.9 Å². The zero-order valence-corrected chi connectivity index (χ0v) is 18.9. The van der Waals surface area contributed by atoms with Crippen LogP contribution in [0.2, 0.25) is 5.02 Å². The number of nitrogens with one attached hydrogen (secondary N) is 2. The van der Waals surface area contributed by atoms with Crippen LogP contribution < -0.4 is 15.4 Å². The van der Waals surface area contributed by atoms with E-state index in [2.05, 4.69) is 20.8 Å². The number of nitro benzene ring substituents is 1. The van der Waals surface area contributed by atoms with Crippen molar-refractivity contribution >= 4 is 62.8 Å². The average Bonchev–Trinajstić information content (AvgIpc) is 3.17. The Labute approximate surface area is 191 Å². The molecule has 3 aromatic rings. The lowest BCUT2D eigenvalue weighted by Crippen LogP contribution is -2.22. The highest BCUT2D eigenvalue weighted by atomic mass is 35.5. The number of halogens is 1. The summed E-state index contributed by atoms with van der Waals surface area (Å²) in [5, 5.41) is 25.2. The zero-order chi connectivity index (χ0) is 22.4. The fourth-order valence-corrected chi connectivity index (χ4v) is 4.51. The van der Waals surface area contributed by atoms with Gasteiger partial charge in [-0.25, -0.2) is 0 Å². The van der Waals surface area contributed by atoms with Crippen LogP contribution in [0.25, 0.3) is 0 Å². The molecule has 0 aliphatic carbocycles. The summed E-state index contributed by atoms with van der Waals surface area (Å²) in [6.45, 7) is 4.14. The minimum absolute atomic E-state index is 0.160. The molecule has 2 N–H and O–H groups in total. The quantitative estimate of drug-likeness (QED) is 0.239. The maximum atomic E-state index is 12.5. The number of carbonyl (C=O) groups is 1. The molecule has 2 aromatic carbocycles. The Morgan fingerprint density at radius 3 is 2.81 bits per heavy atom. The molecule has 0 bridgehead atoms. The zero-order valence-electron chi connectivity index (χ0n) is 16.5. The van der Waals surface area contributed by atoms with Gasteiger partial charge in [0.25, 0.3) is 5.69 Å². The van der Waals surface area contributed by atoms with Gasteiger partial charge in [-0.2, -0.15) is 0 Å². The first-order valence-electron chi connectivity index (χ1n) is 9.11. The van der Waals surface area contributed by atoms with E-state index in [1.54, 1.807) is 6.92 Å². The number of anilines is 3. The molecule has 0 saturated heterocycles. The highest BCUT2D eigenvalue weighted by Gasteiger charge is 2.20. The number of hydrogen-bond acceptors (Lipinski definition) is 9. The molecule has 1 aromatic heterocycles. The van der Waals surface area contributed by atoms with Crippen LogP contribution in [0, 0.1) is 10.1 Å². The van der Waals surface area contributed by atoms with Gasteiger partial charge in [0.15, 0.2) is 4.34 Å². The molecule has 0 radical (unpaired) electrons. The van der Waals surface area contributed by atoms with Crippen LogP contribution in [0.3, 0.4) is 0 Å². The van der Waals surface area contributed by atoms with Crippen molar-refractivity contribution in [2.24, 2.45) is 0 Å². The maximum Gasteiger partial charge on any atom is 0.271 e. The van der Waals surface area contributed by atoms with Gasteiger partial charge in [-0.05, 0) is 32.0 Å². The number of ether oxygens (including phenoxy) is 1. The predicted octanol–water partition coefficient (Wildman–Crippen LogP) is 5.36. The second-order valence-corrected chi connectivity index (χ2v) is 9.07. The summed E-state index contributed by atoms with van der Waals surface area (Å²) in [6, 6.07) is 11.4. The van der Waals surface area contributed by atoms with E-state index >= 15 is 0 Å². The van der Waals surface area contributed by atoms with E-state index in [1.807, 2.05) is 31.2 Å². The van der Waals surface area contributed by atoms with Gasteiger partial charge in [0.1, 0.15) is 5.75 Å². The molecule has 0 saturated carbocycles. The van der Waals surface area contributed by atoms with E-state index in [4.69, 9.17) is 16.3 Å². The molecule has 0 spiro atoms. The van der Waals surface area contributed by atoms with Crippen molar-refractivity contribution in [2.75, 3.05) is 17.2 Å². The van der Waals surface area contributed by atoms with Crippen molar-refractivity contribution in [3.63, 3.8) is 0 Å². The Bertz CT molecular complexity index is 1090. The number of thioether (sulfide) groups is 1. The smallest absolute Gasteiger partial charge is 0.271 e. The van der Waals surface area contributed by atoms with Gasteiger partial charge in [0.2, 0.25) is 11.0 Å². The van der Waals surface area contributed by atoms with Crippen LogP contribution in [0.5, 0.6) is 5.75 Å². The first-order valence-corrected chi connectivity index (χ1v) is 11.2. The van der Waals surface area contributed by atoms with Crippen LogP contribution in [0.1, 0.15) is 13.8 Å². The van der Waals surface area contributed by atoms with Gasteiger partial charge >= 0.3 is 0 Å². The van der Waals surface area contributed by atoms with Crippen molar-refractivity contribution < 1.29 is 14.5 Å². The summed E-state index contributed by atoms with van der Waals surface area (Å²) in [5.74, 6) is 0.342. The van der Waals surface area contributed by atoms with Crippen molar-refractivity contribution in [3.8, 4) is 5.75 Å². The summed E-state index contributed by atoms with van der Waals surface area (Å²) in [6.07, 6.45) is 0. The summed E-state index contributed by atoms with van der Waals surface area (Å²) >= 11 is 8.56. The molecular formula is C19H18ClN5O4S2. The largest absolute Gasteiger partial charge is 0.492 e. The number of non-ortho nitro benzene ring substituents is 1. The Hall–Kier alpha value is -2.89. The van der Waals surface area contributed by atoms with E-state index in [-0.39, 0.29) is 22.3 Å². The predicted molar refractivity (Wildman–Crippen MR) is 123 cm³/mol. The number of hydrogen-bond donors (Lipinski definition) is 2. The van der Waals surface area contributed by atoms with E-state index in [0.29, 0.717) is 21.8 Å². The Balaban J connectivity index is 1.63.